The normalized spacial score (nSPS) is 15.1. The highest BCUT2D eigenvalue weighted by molar-refractivity contribution is 7.12. The van der Waals surface area contributed by atoms with Crippen molar-refractivity contribution < 1.29 is 18.8 Å². The van der Waals surface area contributed by atoms with E-state index in [9.17, 15) is 14.4 Å². The van der Waals surface area contributed by atoms with Gasteiger partial charge in [-0.05, 0) is 48.8 Å². The number of furan rings is 1. The van der Waals surface area contributed by atoms with Crippen molar-refractivity contribution in [2.45, 2.75) is 58.0 Å². The summed E-state index contributed by atoms with van der Waals surface area (Å²) in [6.07, 6.45) is 6.34. The minimum Gasteiger partial charge on any atom is -0.467 e. The van der Waals surface area contributed by atoms with Crippen molar-refractivity contribution in [1.82, 2.24) is 15.5 Å². The number of carbonyl (C=O) groups is 3. The van der Waals surface area contributed by atoms with Crippen LogP contribution in [0.4, 0.5) is 0 Å². The molecule has 1 atom stereocenters. The highest BCUT2D eigenvalue weighted by atomic mass is 32.1. The van der Waals surface area contributed by atoms with Gasteiger partial charge in [-0.1, -0.05) is 32.8 Å². The van der Waals surface area contributed by atoms with Gasteiger partial charge in [0.1, 0.15) is 5.76 Å². The van der Waals surface area contributed by atoms with Crippen molar-refractivity contribution >= 4 is 29.1 Å². The molecule has 1 aliphatic rings. The van der Waals surface area contributed by atoms with Gasteiger partial charge in [0, 0.05) is 12.6 Å². The first-order chi connectivity index (χ1) is 15.0. The lowest BCUT2D eigenvalue weighted by molar-refractivity contribution is -0.141. The maximum Gasteiger partial charge on any atom is 0.261 e. The molecular formula is C23H31N3O4S. The van der Waals surface area contributed by atoms with E-state index in [1.54, 1.807) is 24.3 Å². The van der Waals surface area contributed by atoms with Gasteiger partial charge in [0.15, 0.2) is 6.04 Å². The third kappa shape index (κ3) is 6.43. The van der Waals surface area contributed by atoms with Gasteiger partial charge in [-0.25, -0.2) is 0 Å². The standard InChI is InChI=1S/C23H31N3O4S/c1-16(2)11-12-26(20(27)15-24-22(28)19-10-6-14-31-19)21(18-9-5-13-30-18)23(29)25-17-7-3-4-8-17/h5-6,9-10,13-14,16-17,21H,3-4,7-8,11-12,15H2,1-2H3,(H,24,28)(H,25,29). The lowest BCUT2D eigenvalue weighted by atomic mass is 10.1. The Bertz CT molecular complexity index is 842. The Hall–Kier alpha value is -2.61. The lowest BCUT2D eigenvalue weighted by Crippen LogP contribution is -2.49. The van der Waals surface area contributed by atoms with Gasteiger partial charge in [-0.2, -0.15) is 0 Å². The largest absolute Gasteiger partial charge is 0.467 e. The first kappa shape index (κ1) is 23.1. The molecule has 3 rings (SSSR count). The molecule has 3 amide bonds. The van der Waals surface area contributed by atoms with E-state index in [4.69, 9.17) is 4.42 Å². The predicted octanol–water partition coefficient (Wildman–Crippen LogP) is 3.75. The summed E-state index contributed by atoms with van der Waals surface area (Å²) in [5, 5.41) is 7.59. The molecule has 0 aliphatic heterocycles. The third-order valence-electron chi connectivity index (χ3n) is 5.49. The van der Waals surface area contributed by atoms with E-state index in [1.807, 2.05) is 5.38 Å². The number of nitrogens with zero attached hydrogens (tertiary/aromatic N) is 1. The van der Waals surface area contributed by atoms with Crippen LogP contribution in [0.5, 0.6) is 0 Å². The quantitative estimate of drug-likeness (QED) is 0.583. The zero-order chi connectivity index (χ0) is 22.2. The molecule has 0 saturated heterocycles. The highest BCUT2D eigenvalue weighted by Crippen LogP contribution is 2.25. The van der Waals surface area contributed by atoms with Crippen LogP contribution in [0.2, 0.25) is 0 Å². The van der Waals surface area contributed by atoms with Crippen LogP contribution in [0.3, 0.4) is 0 Å². The molecule has 8 heteroatoms. The zero-order valence-electron chi connectivity index (χ0n) is 18.1. The fourth-order valence-electron chi connectivity index (χ4n) is 3.77. The van der Waals surface area contributed by atoms with E-state index in [0.717, 1.165) is 32.1 Å². The van der Waals surface area contributed by atoms with Gasteiger partial charge in [-0.3, -0.25) is 14.4 Å². The van der Waals surface area contributed by atoms with Crippen LogP contribution in [-0.2, 0) is 9.59 Å². The smallest absolute Gasteiger partial charge is 0.261 e. The van der Waals surface area contributed by atoms with Crippen LogP contribution in [0.25, 0.3) is 0 Å². The third-order valence-corrected chi connectivity index (χ3v) is 6.36. The first-order valence-electron chi connectivity index (χ1n) is 10.9. The molecule has 0 radical (unpaired) electrons. The summed E-state index contributed by atoms with van der Waals surface area (Å²) in [4.78, 5) is 40.8. The van der Waals surface area contributed by atoms with Gasteiger partial charge in [0.25, 0.3) is 11.8 Å². The molecule has 2 aromatic heterocycles. The predicted molar refractivity (Wildman–Crippen MR) is 120 cm³/mol. The molecule has 1 unspecified atom stereocenters. The van der Waals surface area contributed by atoms with Crippen LogP contribution < -0.4 is 10.6 Å². The Balaban J connectivity index is 1.76. The maximum absolute atomic E-state index is 13.3. The number of carbonyl (C=O) groups excluding carboxylic acids is 3. The average molecular weight is 446 g/mol. The molecule has 168 valence electrons. The lowest BCUT2D eigenvalue weighted by Gasteiger charge is -2.31. The number of amides is 3. The van der Waals surface area contributed by atoms with E-state index < -0.39 is 6.04 Å². The van der Waals surface area contributed by atoms with Crippen molar-refractivity contribution in [3.05, 3.63) is 46.5 Å². The van der Waals surface area contributed by atoms with Crippen LogP contribution >= 0.6 is 11.3 Å². The molecule has 2 heterocycles. The molecule has 0 bridgehead atoms. The molecular weight excluding hydrogens is 414 g/mol. The summed E-state index contributed by atoms with van der Waals surface area (Å²) in [7, 11) is 0. The minimum atomic E-state index is -0.861. The van der Waals surface area contributed by atoms with Crippen molar-refractivity contribution in [1.29, 1.82) is 0 Å². The Morgan fingerprint density at radius 2 is 1.97 bits per heavy atom. The summed E-state index contributed by atoms with van der Waals surface area (Å²) in [5.41, 5.74) is 0. The fraction of sp³-hybridized carbons (Fsp3) is 0.522. The number of hydrogen-bond acceptors (Lipinski definition) is 5. The molecule has 0 aromatic carbocycles. The van der Waals surface area contributed by atoms with E-state index >= 15 is 0 Å². The van der Waals surface area contributed by atoms with Gasteiger partial charge in [0.05, 0.1) is 17.7 Å². The summed E-state index contributed by atoms with van der Waals surface area (Å²) in [6.45, 7) is 4.36. The Morgan fingerprint density at radius 1 is 1.19 bits per heavy atom. The molecule has 7 nitrogen and oxygen atoms in total. The number of thiophene rings is 1. The van der Waals surface area contributed by atoms with Crippen molar-refractivity contribution in [3.8, 4) is 0 Å². The first-order valence-corrected chi connectivity index (χ1v) is 11.8. The summed E-state index contributed by atoms with van der Waals surface area (Å²) in [6, 6.07) is 6.21. The van der Waals surface area contributed by atoms with E-state index in [1.165, 1.54) is 22.5 Å². The molecule has 1 fully saturated rings. The number of rotatable bonds is 10. The second kappa shape index (κ2) is 11.1. The molecule has 31 heavy (non-hydrogen) atoms. The SMILES string of the molecule is CC(C)CCN(C(=O)CNC(=O)c1cccs1)C(C(=O)NC1CCCC1)c1ccco1. The average Bonchev–Trinajstić information content (AvgIpc) is 3.51. The van der Waals surface area contributed by atoms with E-state index in [0.29, 0.717) is 23.1 Å². The molecule has 2 aromatic rings. The minimum absolute atomic E-state index is 0.130. The van der Waals surface area contributed by atoms with Gasteiger partial charge < -0.3 is 20.0 Å². The Kier molecular flexibility index (Phi) is 8.28. The molecule has 1 aliphatic carbocycles. The highest BCUT2D eigenvalue weighted by Gasteiger charge is 2.35. The van der Waals surface area contributed by atoms with Crippen molar-refractivity contribution in [3.63, 3.8) is 0 Å². The van der Waals surface area contributed by atoms with Crippen molar-refractivity contribution in [2.24, 2.45) is 5.92 Å². The molecule has 0 spiro atoms. The monoisotopic (exact) mass is 445 g/mol. The maximum atomic E-state index is 13.3. The van der Waals surface area contributed by atoms with Crippen LogP contribution in [0, 0.1) is 5.92 Å². The van der Waals surface area contributed by atoms with E-state index in [2.05, 4.69) is 24.5 Å². The second-order valence-electron chi connectivity index (χ2n) is 8.34. The topological polar surface area (TPSA) is 91.7 Å². The summed E-state index contributed by atoms with van der Waals surface area (Å²) in [5.74, 6) is -0.0578. The summed E-state index contributed by atoms with van der Waals surface area (Å²) < 4.78 is 5.56. The van der Waals surface area contributed by atoms with Gasteiger partial charge in [0.2, 0.25) is 5.91 Å². The number of hydrogen-bond donors (Lipinski definition) is 2. The van der Waals surface area contributed by atoms with Crippen molar-refractivity contribution in [2.75, 3.05) is 13.1 Å². The van der Waals surface area contributed by atoms with Crippen LogP contribution in [0.15, 0.2) is 40.3 Å². The number of nitrogens with one attached hydrogen (secondary N) is 2. The van der Waals surface area contributed by atoms with Crippen LogP contribution in [-0.4, -0.2) is 41.8 Å². The Morgan fingerprint density at radius 3 is 2.58 bits per heavy atom. The summed E-state index contributed by atoms with van der Waals surface area (Å²) >= 11 is 1.32. The second-order valence-corrected chi connectivity index (χ2v) is 9.29. The Labute approximate surface area is 187 Å². The van der Waals surface area contributed by atoms with Gasteiger partial charge >= 0.3 is 0 Å². The van der Waals surface area contributed by atoms with Crippen LogP contribution in [0.1, 0.15) is 67.4 Å². The molecule has 1 saturated carbocycles. The fourth-order valence-corrected chi connectivity index (χ4v) is 4.41. The van der Waals surface area contributed by atoms with Gasteiger partial charge in [-0.15, -0.1) is 11.3 Å². The zero-order valence-corrected chi connectivity index (χ0v) is 19.0. The molecule has 2 N–H and O–H groups in total. The van der Waals surface area contributed by atoms with E-state index in [-0.39, 0.29) is 30.3 Å².